The van der Waals surface area contributed by atoms with E-state index in [1.165, 1.54) is 38.6 Å². The van der Waals surface area contributed by atoms with Gasteiger partial charge in [0.15, 0.2) is 11.6 Å². The number of nitrogens with zero attached hydrogens (tertiary/aromatic N) is 3. The number of aromatic nitrogens is 3. The van der Waals surface area contributed by atoms with Crippen molar-refractivity contribution in [2.24, 2.45) is 0 Å². The van der Waals surface area contributed by atoms with Crippen LogP contribution in [0.2, 0.25) is 5.28 Å². The van der Waals surface area contributed by atoms with E-state index in [2.05, 4.69) is 81.7 Å². The van der Waals surface area contributed by atoms with E-state index in [1.54, 1.807) is 0 Å². The molecule has 0 radical (unpaired) electrons. The standard InChI is InChI=1S/C31H18ClN3/c32-31-34-29(20-7-2-1-3-8-20)33-30(35-31)21-15-13-19(14-16-21)22-17-18-27-24-10-5-4-9-23(24)26-12-6-11-25(22)28(26)27/h1-18H. The lowest BCUT2D eigenvalue weighted by molar-refractivity contribution is 1.07. The molecular weight excluding hydrogens is 450 g/mol. The molecule has 7 rings (SSSR count). The van der Waals surface area contributed by atoms with Crippen molar-refractivity contribution in [1.82, 2.24) is 15.0 Å². The highest BCUT2D eigenvalue weighted by Gasteiger charge is 2.22. The van der Waals surface area contributed by atoms with Gasteiger partial charge in [-0.2, -0.15) is 9.97 Å². The van der Waals surface area contributed by atoms with E-state index in [4.69, 9.17) is 11.6 Å². The van der Waals surface area contributed by atoms with Gasteiger partial charge >= 0.3 is 0 Å². The Morgan fingerprint density at radius 2 is 0.943 bits per heavy atom. The highest BCUT2D eigenvalue weighted by molar-refractivity contribution is 6.28. The van der Waals surface area contributed by atoms with Crippen molar-refractivity contribution in [2.75, 3.05) is 0 Å². The van der Waals surface area contributed by atoms with Crippen LogP contribution < -0.4 is 0 Å². The molecule has 35 heavy (non-hydrogen) atoms. The topological polar surface area (TPSA) is 38.7 Å². The van der Waals surface area contributed by atoms with Crippen LogP contribution >= 0.6 is 11.6 Å². The van der Waals surface area contributed by atoms with E-state index >= 15 is 0 Å². The molecule has 3 nitrogen and oxygen atoms in total. The Hall–Kier alpha value is -4.34. The van der Waals surface area contributed by atoms with Gasteiger partial charge in [0.25, 0.3) is 0 Å². The third-order valence-corrected chi connectivity index (χ3v) is 6.81. The number of hydrogen-bond acceptors (Lipinski definition) is 3. The second kappa shape index (κ2) is 7.86. The Labute approximate surface area is 207 Å². The van der Waals surface area contributed by atoms with Gasteiger partial charge in [0, 0.05) is 11.1 Å². The number of halogens is 1. The molecule has 0 atom stereocenters. The third kappa shape index (κ3) is 3.24. The molecule has 4 heteroatoms. The highest BCUT2D eigenvalue weighted by atomic mass is 35.5. The summed E-state index contributed by atoms with van der Waals surface area (Å²) in [6, 6.07) is 37.9. The predicted molar refractivity (Wildman–Crippen MR) is 143 cm³/mol. The molecule has 0 amide bonds. The minimum Gasteiger partial charge on any atom is -0.208 e. The summed E-state index contributed by atoms with van der Waals surface area (Å²) in [5, 5.41) is 2.77. The van der Waals surface area contributed by atoms with Crippen LogP contribution in [0, 0.1) is 0 Å². The largest absolute Gasteiger partial charge is 0.226 e. The van der Waals surface area contributed by atoms with E-state index in [-0.39, 0.29) is 5.28 Å². The van der Waals surface area contributed by atoms with Crippen molar-refractivity contribution in [3.63, 3.8) is 0 Å². The zero-order chi connectivity index (χ0) is 23.4. The van der Waals surface area contributed by atoms with Crippen molar-refractivity contribution in [3.05, 3.63) is 114 Å². The zero-order valence-corrected chi connectivity index (χ0v) is 19.4. The van der Waals surface area contributed by atoms with Crippen molar-refractivity contribution >= 4 is 22.4 Å². The molecule has 1 aliphatic carbocycles. The normalized spacial score (nSPS) is 11.6. The smallest absolute Gasteiger partial charge is 0.208 e. The molecule has 0 N–H and O–H groups in total. The van der Waals surface area contributed by atoms with Crippen LogP contribution in [0.3, 0.4) is 0 Å². The van der Waals surface area contributed by atoms with Crippen molar-refractivity contribution in [2.45, 2.75) is 0 Å². The molecule has 0 unspecified atom stereocenters. The third-order valence-electron chi connectivity index (χ3n) is 6.64. The van der Waals surface area contributed by atoms with Crippen LogP contribution in [0.5, 0.6) is 0 Å². The van der Waals surface area contributed by atoms with Gasteiger partial charge in [-0.15, -0.1) is 0 Å². The van der Waals surface area contributed by atoms with Crippen LogP contribution in [0.4, 0.5) is 0 Å². The molecule has 1 aromatic heterocycles. The fraction of sp³-hybridized carbons (Fsp3) is 0. The summed E-state index contributed by atoms with van der Waals surface area (Å²) in [6.45, 7) is 0. The van der Waals surface area contributed by atoms with Crippen molar-refractivity contribution in [3.8, 4) is 56.2 Å². The molecule has 164 valence electrons. The number of benzene rings is 5. The first-order valence-corrected chi connectivity index (χ1v) is 11.9. The fourth-order valence-electron chi connectivity index (χ4n) is 5.05. The molecule has 0 aliphatic heterocycles. The van der Waals surface area contributed by atoms with Crippen LogP contribution in [0.25, 0.3) is 66.9 Å². The Kier molecular flexibility index (Phi) is 4.51. The second-order valence-electron chi connectivity index (χ2n) is 8.63. The van der Waals surface area contributed by atoms with Crippen LogP contribution in [-0.2, 0) is 0 Å². The predicted octanol–water partition coefficient (Wildman–Crippen LogP) is 8.33. The quantitative estimate of drug-likeness (QED) is 0.262. The summed E-state index contributed by atoms with van der Waals surface area (Å²) in [5.74, 6) is 1.13. The van der Waals surface area contributed by atoms with Gasteiger partial charge in [-0.1, -0.05) is 109 Å². The van der Waals surface area contributed by atoms with E-state index < -0.39 is 0 Å². The monoisotopic (exact) mass is 467 g/mol. The van der Waals surface area contributed by atoms with Gasteiger partial charge < -0.3 is 0 Å². The van der Waals surface area contributed by atoms with Crippen LogP contribution in [0.1, 0.15) is 0 Å². The summed E-state index contributed by atoms with van der Waals surface area (Å²) >= 11 is 6.25. The van der Waals surface area contributed by atoms with Gasteiger partial charge in [-0.25, -0.2) is 4.98 Å². The SMILES string of the molecule is Clc1nc(-c2ccccc2)nc(-c2ccc(-c3ccc4c5c(cccc35)-c3ccccc3-4)cc2)n1. The molecule has 0 spiro atoms. The first-order valence-electron chi connectivity index (χ1n) is 11.5. The van der Waals surface area contributed by atoms with Crippen LogP contribution in [0.15, 0.2) is 109 Å². The first-order chi connectivity index (χ1) is 17.3. The van der Waals surface area contributed by atoms with Crippen molar-refractivity contribution in [1.29, 1.82) is 0 Å². The van der Waals surface area contributed by atoms with Gasteiger partial charge in [0.2, 0.25) is 5.28 Å². The van der Waals surface area contributed by atoms with Gasteiger partial charge in [-0.05, 0) is 55.8 Å². The summed E-state index contributed by atoms with van der Waals surface area (Å²) in [5.41, 5.74) is 9.39. The summed E-state index contributed by atoms with van der Waals surface area (Å²) in [6.07, 6.45) is 0. The molecular formula is C31H18ClN3. The lowest BCUT2D eigenvalue weighted by Gasteiger charge is -2.10. The molecule has 1 aliphatic rings. The van der Waals surface area contributed by atoms with E-state index in [9.17, 15) is 0 Å². The van der Waals surface area contributed by atoms with E-state index in [0.717, 1.165) is 16.7 Å². The maximum Gasteiger partial charge on any atom is 0.226 e. The number of hydrogen-bond donors (Lipinski definition) is 0. The second-order valence-corrected chi connectivity index (χ2v) is 8.97. The maximum atomic E-state index is 6.25. The molecule has 0 saturated carbocycles. The van der Waals surface area contributed by atoms with Gasteiger partial charge in [0.05, 0.1) is 0 Å². The molecule has 0 bridgehead atoms. The maximum absolute atomic E-state index is 6.25. The molecule has 0 saturated heterocycles. The van der Waals surface area contributed by atoms with E-state index in [0.29, 0.717) is 11.6 Å². The van der Waals surface area contributed by atoms with Gasteiger partial charge in [-0.3, -0.25) is 0 Å². The Morgan fingerprint density at radius 3 is 1.66 bits per heavy atom. The van der Waals surface area contributed by atoms with Crippen LogP contribution in [-0.4, -0.2) is 15.0 Å². The lowest BCUT2D eigenvalue weighted by atomic mass is 9.94. The van der Waals surface area contributed by atoms with E-state index in [1.807, 2.05) is 42.5 Å². The van der Waals surface area contributed by atoms with Gasteiger partial charge in [0.1, 0.15) is 0 Å². The summed E-state index contributed by atoms with van der Waals surface area (Å²) in [7, 11) is 0. The molecule has 1 heterocycles. The highest BCUT2D eigenvalue weighted by Crippen LogP contribution is 2.49. The lowest BCUT2D eigenvalue weighted by Crippen LogP contribution is -1.97. The number of rotatable bonds is 3. The number of fused-ring (bicyclic) bond motifs is 3. The Morgan fingerprint density at radius 1 is 0.400 bits per heavy atom. The summed E-state index contributed by atoms with van der Waals surface area (Å²) in [4.78, 5) is 13.4. The molecule has 6 aromatic rings. The minimum absolute atomic E-state index is 0.185. The average Bonchev–Trinajstić information content (AvgIpc) is 3.25. The average molecular weight is 468 g/mol. The first kappa shape index (κ1) is 20.1. The Balaban J connectivity index is 1.31. The fourth-order valence-corrected chi connectivity index (χ4v) is 5.21. The molecule has 0 fully saturated rings. The van der Waals surface area contributed by atoms with Crippen molar-refractivity contribution < 1.29 is 0 Å². The zero-order valence-electron chi connectivity index (χ0n) is 18.6. The molecule has 5 aromatic carbocycles. The Bertz CT molecular complexity index is 1710. The summed E-state index contributed by atoms with van der Waals surface area (Å²) < 4.78 is 0. The minimum atomic E-state index is 0.185.